The summed E-state index contributed by atoms with van der Waals surface area (Å²) in [6, 6.07) is 0.757. The fraction of sp³-hybridized carbons (Fsp3) is 0.846. The van der Waals surface area contributed by atoms with Gasteiger partial charge >= 0.3 is 0 Å². The molecule has 3 atom stereocenters. The molecular weight excluding hydrogens is 216 g/mol. The van der Waals surface area contributed by atoms with Crippen LogP contribution < -0.4 is 5.32 Å². The van der Waals surface area contributed by atoms with E-state index in [4.69, 9.17) is 0 Å². The van der Waals surface area contributed by atoms with Gasteiger partial charge in [-0.15, -0.1) is 0 Å². The first-order valence-corrected chi connectivity index (χ1v) is 6.70. The zero-order chi connectivity index (χ0) is 12.4. The highest BCUT2D eigenvalue weighted by Gasteiger charge is 2.36. The molecule has 2 fully saturated rings. The minimum atomic E-state index is 0.0284. The summed E-state index contributed by atoms with van der Waals surface area (Å²) in [5.41, 5.74) is 0. The molecule has 0 spiro atoms. The van der Waals surface area contributed by atoms with Crippen molar-refractivity contribution in [2.45, 2.75) is 70.5 Å². The average Bonchev–Trinajstić information content (AvgIpc) is 2.42. The van der Waals surface area contributed by atoms with Crippen molar-refractivity contribution in [1.82, 2.24) is 10.2 Å². The van der Waals surface area contributed by atoms with E-state index >= 15 is 0 Å². The number of imide groups is 1. The molecule has 0 aromatic carbocycles. The van der Waals surface area contributed by atoms with Crippen molar-refractivity contribution in [3.63, 3.8) is 0 Å². The number of carbonyl (C=O) groups is 2. The van der Waals surface area contributed by atoms with Gasteiger partial charge in [0.15, 0.2) is 0 Å². The Morgan fingerprint density at radius 2 is 1.65 bits per heavy atom. The number of likely N-dealkylation sites (tertiary alicyclic amines) is 1. The maximum absolute atomic E-state index is 12.0. The lowest BCUT2D eigenvalue weighted by Gasteiger charge is -2.39. The van der Waals surface area contributed by atoms with Crippen LogP contribution in [0.5, 0.6) is 0 Å². The van der Waals surface area contributed by atoms with Gasteiger partial charge in [-0.25, -0.2) is 0 Å². The van der Waals surface area contributed by atoms with Gasteiger partial charge in [0.2, 0.25) is 11.8 Å². The Morgan fingerprint density at radius 3 is 2.18 bits per heavy atom. The molecule has 0 saturated carbocycles. The van der Waals surface area contributed by atoms with Crippen molar-refractivity contribution in [2.75, 3.05) is 0 Å². The molecule has 4 nitrogen and oxygen atoms in total. The zero-order valence-electron chi connectivity index (χ0n) is 10.7. The number of piperidine rings is 1. The van der Waals surface area contributed by atoms with Crippen molar-refractivity contribution in [3.05, 3.63) is 0 Å². The van der Waals surface area contributed by atoms with Gasteiger partial charge in [0.05, 0.1) is 6.04 Å². The van der Waals surface area contributed by atoms with E-state index in [9.17, 15) is 9.59 Å². The SMILES string of the molecule is CC1CCC(N2C(=O)CCCCC2=O)C(C)N1. The van der Waals surface area contributed by atoms with Gasteiger partial charge < -0.3 is 5.32 Å². The number of nitrogens with zero attached hydrogens (tertiary/aromatic N) is 1. The summed E-state index contributed by atoms with van der Waals surface area (Å²) in [4.78, 5) is 25.6. The second-order valence-corrected chi connectivity index (χ2v) is 5.37. The number of carbonyl (C=O) groups excluding carboxylic acids is 2. The molecule has 17 heavy (non-hydrogen) atoms. The van der Waals surface area contributed by atoms with Crippen LogP contribution in [-0.4, -0.2) is 34.8 Å². The quantitative estimate of drug-likeness (QED) is 0.703. The van der Waals surface area contributed by atoms with Crippen molar-refractivity contribution in [1.29, 1.82) is 0 Å². The maximum atomic E-state index is 12.0. The summed E-state index contributed by atoms with van der Waals surface area (Å²) in [5.74, 6) is 0.0569. The predicted octanol–water partition coefficient (Wildman–Crippen LogP) is 1.44. The van der Waals surface area contributed by atoms with E-state index < -0.39 is 0 Å². The summed E-state index contributed by atoms with van der Waals surface area (Å²) < 4.78 is 0. The first-order chi connectivity index (χ1) is 8.09. The smallest absolute Gasteiger partial charge is 0.229 e. The fourth-order valence-electron chi connectivity index (χ4n) is 2.97. The van der Waals surface area contributed by atoms with Gasteiger partial charge in [0.25, 0.3) is 0 Å². The number of nitrogens with one attached hydrogen (secondary N) is 1. The van der Waals surface area contributed by atoms with E-state index in [1.807, 2.05) is 0 Å². The number of rotatable bonds is 1. The van der Waals surface area contributed by atoms with E-state index in [-0.39, 0.29) is 23.9 Å². The van der Waals surface area contributed by atoms with E-state index in [1.54, 1.807) is 4.90 Å². The van der Waals surface area contributed by atoms with Crippen LogP contribution in [0.15, 0.2) is 0 Å². The molecule has 0 radical (unpaired) electrons. The highest BCUT2D eigenvalue weighted by atomic mass is 16.2. The zero-order valence-corrected chi connectivity index (χ0v) is 10.7. The molecule has 2 amide bonds. The molecule has 0 bridgehead atoms. The Morgan fingerprint density at radius 1 is 1.06 bits per heavy atom. The predicted molar refractivity (Wildman–Crippen MR) is 65.4 cm³/mol. The van der Waals surface area contributed by atoms with Gasteiger partial charge in [-0.2, -0.15) is 0 Å². The lowest BCUT2D eigenvalue weighted by Crippen LogP contribution is -2.57. The summed E-state index contributed by atoms with van der Waals surface area (Å²) in [6.45, 7) is 4.23. The molecule has 2 heterocycles. The van der Waals surface area contributed by atoms with Gasteiger partial charge in [-0.05, 0) is 39.5 Å². The fourth-order valence-corrected chi connectivity index (χ4v) is 2.97. The van der Waals surface area contributed by atoms with Crippen LogP contribution in [-0.2, 0) is 9.59 Å². The minimum absolute atomic E-state index is 0.0284. The molecule has 0 aromatic rings. The number of hydrogen-bond acceptors (Lipinski definition) is 3. The topological polar surface area (TPSA) is 49.4 Å². The Balaban J connectivity index is 2.12. The Hall–Kier alpha value is -0.900. The second-order valence-electron chi connectivity index (χ2n) is 5.37. The van der Waals surface area contributed by atoms with E-state index in [0.717, 1.165) is 25.7 Å². The standard InChI is InChI=1S/C13H22N2O2/c1-9-7-8-11(10(2)14-9)15-12(16)5-3-4-6-13(15)17/h9-11,14H,3-8H2,1-2H3. The van der Waals surface area contributed by atoms with Gasteiger partial charge in [-0.3, -0.25) is 14.5 Å². The number of hydrogen-bond donors (Lipinski definition) is 1. The van der Waals surface area contributed by atoms with Gasteiger partial charge in [-0.1, -0.05) is 0 Å². The van der Waals surface area contributed by atoms with Crippen LogP contribution in [0, 0.1) is 0 Å². The highest BCUT2D eigenvalue weighted by Crippen LogP contribution is 2.23. The molecule has 96 valence electrons. The van der Waals surface area contributed by atoms with Gasteiger partial charge in [0, 0.05) is 24.9 Å². The summed E-state index contributed by atoms with van der Waals surface area (Å²) in [6.07, 6.45) is 4.74. The van der Waals surface area contributed by atoms with Crippen LogP contribution in [0.4, 0.5) is 0 Å². The van der Waals surface area contributed by atoms with Gasteiger partial charge in [0.1, 0.15) is 0 Å². The molecule has 1 N–H and O–H groups in total. The summed E-state index contributed by atoms with van der Waals surface area (Å²) in [7, 11) is 0. The Labute approximate surface area is 103 Å². The third-order valence-electron chi connectivity index (χ3n) is 3.92. The van der Waals surface area contributed by atoms with Crippen molar-refractivity contribution >= 4 is 11.8 Å². The van der Waals surface area contributed by atoms with Crippen molar-refractivity contribution < 1.29 is 9.59 Å². The highest BCUT2D eigenvalue weighted by molar-refractivity contribution is 5.96. The van der Waals surface area contributed by atoms with Crippen LogP contribution in [0.25, 0.3) is 0 Å². The molecule has 2 aliphatic rings. The third-order valence-corrected chi connectivity index (χ3v) is 3.92. The molecule has 2 rings (SSSR count). The van der Waals surface area contributed by atoms with Crippen LogP contribution in [0.1, 0.15) is 52.4 Å². The average molecular weight is 238 g/mol. The van der Waals surface area contributed by atoms with E-state index in [1.165, 1.54) is 0 Å². The molecule has 4 heteroatoms. The Bertz CT molecular complexity index is 299. The third kappa shape index (κ3) is 2.68. The van der Waals surface area contributed by atoms with Crippen LogP contribution >= 0.6 is 0 Å². The first-order valence-electron chi connectivity index (χ1n) is 6.70. The second kappa shape index (κ2) is 5.17. The molecule has 2 aliphatic heterocycles. The molecule has 0 aliphatic carbocycles. The maximum Gasteiger partial charge on any atom is 0.229 e. The summed E-state index contributed by atoms with van der Waals surface area (Å²) in [5, 5.41) is 3.44. The molecule has 3 unspecified atom stereocenters. The van der Waals surface area contributed by atoms with E-state index in [2.05, 4.69) is 19.2 Å². The lowest BCUT2D eigenvalue weighted by molar-refractivity contribution is -0.148. The monoisotopic (exact) mass is 238 g/mol. The summed E-state index contributed by atoms with van der Waals surface area (Å²) >= 11 is 0. The normalized spacial score (nSPS) is 35.9. The molecular formula is C13H22N2O2. The van der Waals surface area contributed by atoms with Crippen LogP contribution in [0.3, 0.4) is 0 Å². The van der Waals surface area contributed by atoms with E-state index in [0.29, 0.717) is 18.9 Å². The molecule has 0 aromatic heterocycles. The van der Waals surface area contributed by atoms with Crippen molar-refractivity contribution in [3.8, 4) is 0 Å². The molecule has 2 saturated heterocycles. The largest absolute Gasteiger partial charge is 0.310 e. The van der Waals surface area contributed by atoms with Crippen molar-refractivity contribution in [2.24, 2.45) is 0 Å². The first kappa shape index (κ1) is 12.6. The number of amides is 2. The lowest BCUT2D eigenvalue weighted by atomic mass is 9.93. The minimum Gasteiger partial charge on any atom is -0.310 e. The van der Waals surface area contributed by atoms with Crippen LogP contribution in [0.2, 0.25) is 0 Å². The Kier molecular flexibility index (Phi) is 3.82.